The number of allylic oxidation sites excluding steroid dienone is 1. The van der Waals surface area contributed by atoms with Crippen LogP contribution in [0.5, 0.6) is 0 Å². The summed E-state index contributed by atoms with van der Waals surface area (Å²) in [5, 5.41) is 6.79. The average molecular weight is 508 g/mol. The van der Waals surface area contributed by atoms with Gasteiger partial charge in [0.25, 0.3) is 5.56 Å². The molecule has 0 amide bonds. The molecule has 3 aromatic heterocycles. The van der Waals surface area contributed by atoms with Gasteiger partial charge >= 0.3 is 6.18 Å². The fraction of sp³-hybridized carbons (Fsp3) is 0.308. The summed E-state index contributed by atoms with van der Waals surface area (Å²) in [5.41, 5.74) is 1.56. The van der Waals surface area contributed by atoms with E-state index >= 15 is 0 Å². The average Bonchev–Trinajstić information content (AvgIpc) is 3.67. The molecule has 190 valence electrons. The number of anilines is 2. The van der Waals surface area contributed by atoms with Crippen LogP contribution in [0, 0.1) is 0 Å². The third-order valence-corrected chi connectivity index (χ3v) is 7.10. The number of hydrogen-bond donors (Lipinski definition) is 2. The van der Waals surface area contributed by atoms with E-state index in [2.05, 4.69) is 38.2 Å². The Morgan fingerprint density at radius 2 is 2.00 bits per heavy atom. The lowest BCUT2D eigenvalue weighted by Crippen LogP contribution is -2.30. The second-order valence-corrected chi connectivity index (χ2v) is 9.43. The van der Waals surface area contributed by atoms with Crippen LogP contribution in [-0.4, -0.2) is 37.0 Å². The summed E-state index contributed by atoms with van der Waals surface area (Å²) in [4.78, 5) is 26.2. The van der Waals surface area contributed by atoms with Crippen molar-refractivity contribution in [3.05, 3.63) is 82.6 Å². The molecule has 0 unspecified atom stereocenters. The van der Waals surface area contributed by atoms with Crippen LogP contribution in [0.4, 0.5) is 24.8 Å². The largest absolute Gasteiger partial charge is 0.399 e. The van der Waals surface area contributed by atoms with Gasteiger partial charge in [-0.3, -0.25) is 9.78 Å². The van der Waals surface area contributed by atoms with Gasteiger partial charge in [-0.2, -0.15) is 18.2 Å². The number of benzene rings is 1. The van der Waals surface area contributed by atoms with Crippen molar-refractivity contribution >= 4 is 22.7 Å². The molecule has 2 N–H and O–H groups in total. The molecule has 1 fully saturated rings. The monoisotopic (exact) mass is 507 g/mol. The maximum absolute atomic E-state index is 13.8. The Balaban J connectivity index is 1.45. The fourth-order valence-electron chi connectivity index (χ4n) is 4.94. The van der Waals surface area contributed by atoms with Gasteiger partial charge < -0.3 is 10.6 Å². The van der Waals surface area contributed by atoms with Crippen molar-refractivity contribution in [2.24, 2.45) is 0 Å². The van der Waals surface area contributed by atoms with Crippen molar-refractivity contribution in [1.29, 1.82) is 0 Å². The van der Waals surface area contributed by atoms with Gasteiger partial charge in [-0.15, -0.1) is 6.58 Å². The highest BCUT2D eigenvalue weighted by atomic mass is 19.4. The van der Waals surface area contributed by atoms with Gasteiger partial charge in [0.15, 0.2) is 5.65 Å². The van der Waals surface area contributed by atoms with E-state index in [1.807, 2.05) is 12.1 Å². The first-order valence-corrected chi connectivity index (χ1v) is 12.0. The number of rotatable bonds is 6. The predicted molar refractivity (Wildman–Crippen MR) is 133 cm³/mol. The summed E-state index contributed by atoms with van der Waals surface area (Å²) >= 11 is 0. The SMILES string of the molecule is C=CCn1c(=O)c2cnc(Nc3ccc4c(c3)CCNC4)nc2n1-c1ccnc(C2(C(F)(F)F)CC2)c1. The zero-order valence-corrected chi connectivity index (χ0v) is 19.8. The molecule has 8 nitrogen and oxygen atoms in total. The molecule has 4 heterocycles. The Morgan fingerprint density at radius 1 is 1.16 bits per heavy atom. The maximum atomic E-state index is 13.8. The van der Waals surface area contributed by atoms with Gasteiger partial charge in [-0.05, 0) is 61.2 Å². The van der Waals surface area contributed by atoms with Crippen molar-refractivity contribution in [2.45, 2.75) is 43.9 Å². The maximum Gasteiger partial charge on any atom is 0.399 e. The number of pyridine rings is 1. The number of nitrogens with zero attached hydrogens (tertiary/aromatic N) is 5. The zero-order chi connectivity index (χ0) is 25.8. The molecule has 0 saturated heterocycles. The molecular formula is C26H24F3N7O. The quantitative estimate of drug-likeness (QED) is 0.381. The Hall–Kier alpha value is -3.99. The zero-order valence-electron chi connectivity index (χ0n) is 19.8. The van der Waals surface area contributed by atoms with Crippen LogP contribution < -0.4 is 16.2 Å². The smallest absolute Gasteiger partial charge is 0.324 e. The highest BCUT2D eigenvalue weighted by Crippen LogP contribution is 2.58. The lowest BCUT2D eigenvalue weighted by Gasteiger charge is -2.20. The van der Waals surface area contributed by atoms with Crippen molar-refractivity contribution < 1.29 is 13.2 Å². The Labute approximate surface area is 209 Å². The summed E-state index contributed by atoms with van der Waals surface area (Å²) in [7, 11) is 0. The van der Waals surface area contributed by atoms with Gasteiger partial charge in [-0.25, -0.2) is 14.3 Å². The third-order valence-electron chi connectivity index (χ3n) is 7.10. The van der Waals surface area contributed by atoms with Crippen LogP contribution >= 0.6 is 0 Å². The standard InChI is InChI=1S/C26H24F3N7O/c1-2-11-35-23(37)20-15-32-24(33-18-4-3-17-14-30-9-5-16(17)12-18)34-22(20)36(35)19-6-10-31-21(13-19)25(7-8-25)26(27,28)29/h2-4,6,10,12-13,15,30H,1,5,7-9,11,14H2,(H,32,33,34). The van der Waals surface area contributed by atoms with Gasteiger partial charge in [0.2, 0.25) is 5.95 Å². The van der Waals surface area contributed by atoms with Gasteiger partial charge in [0.1, 0.15) is 10.8 Å². The topological polar surface area (TPSA) is 89.7 Å². The summed E-state index contributed by atoms with van der Waals surface area (Å²) in [6.45, 7) is 5.59. The molecule has 1 saturated carbocycles. The Kier molecular flexibility index (Phi) is 5.41. The molecule has 6 rings (SSSR count). The predicted octanol–water partition coefficient (Wildman–Crippen LogP) is 4.15. The second kappa shape index (κ2) is 8.55. The van der Waals surface area contributed by atoms with Crippen LogP contribution in [0.2, 0.25) is 0 Å². The lowest BCUT2D eigenvalue weighted by atomic mass is 10.0. The van der Waals surface area contributed by atoms with Crippen LogP contribution in [0.3, 0.4) is 0 Å². The summed E-state index contributed by atoms with van der Waals surface area (Å²) in [6, 6.07) is 9.01. The molecule has 0 radical (unpaired) electrons. The van der Waals surface area contributed by atoms with Crippen LogP contribution in [0.15, 0.2) is 60.2 Å². The van der Waals surface area contributed by atoms with Crippen molar-refractivity contribution in [3.63, 3.8) is 0 Å². The second-order valence-electron chi connectivity index (χ2n) is 9.43. The van der Waals surface area contributed by atoms with Crippen molar-refractivity contribution in [1.82, 2.24) is 29.6 Å². The van der Waals surface area contributed by atoms with E-state index in [4.69, 9.17) is 0 Å². The fourth-order valence-corrected chi connectivity index (χ4v) is 4.94. The Morgan fingerprint density at radius 3 is 2.76 bits per heavy atom. The first-order chi connectivity index (χ1) is 17.8. The summed E-state index contributed by atoms with van der Waals surface area (Å²) in [6.07, 6.45) is 0.823. The van der Waals surface area contributed by atoms with Gasteiger partial charge in [-0.1, -0.05) is 12.1 Å². The minimum Gasteiger partial charge on any atom is -0.324 e. The van der Waals surface area contributed by atoms with Crippen LogP contribution in [0.25, 0.3) is 16.7 Å². The number of fused-ring (bicyclic) bond motifs is 2. The third kappa shape index (κ3) is 3.90. The normalized spacial score (nSPS) is 16.4. The number of alkyl halides is 3. The highest BCUT2D eigenvalue weighted by molar-refractivity contribution is 5.77. The molecule has 0 atom stereocenters. The van der Waals surface area contributed by atoms with E-state index in [0.717, 1.165) is 25.2 Å². The molecule has 37 heavy (non-hydrogen) atoms. The lowest BCUT2D eigenvalue weighted by molar-refractivity contribution is -0.161. The number of halogens is 3. The molecule has 1 aliphatic carbocycles. The van der Waals surface area contributed by atoms with E-state index in [1.165, 1.54) is 39.0 Å². The molecule has 11 heteroatoms. The molecular weight excluding hydrogens is 483 g/mol. The minimum atomic E-state index is -4.40. The summed E-state index contributed by atoms with van der Waals surface area (Å²) < 4.78 is 44.3. The Bertz CT molecular complexity index is 1580. The first kappa shape index (κ1) is 23.4. The van der Waals surface area contributed by atoms with E-state index in [-0.39, 0.29) is 47.6 Å². The minimum absolute atomic E-state index is 0.00801. The first-order valence-electron chi connectivity index (χ1n) is 12.0. The molecule has 1 aliphatic heterocycles. The van der Waals surface area contributed by atoms with Gasteiger partial charge in [0.05, 0.1) is 17.9 Å². The highest BCUT2D eigenvalue weighted by Gasteiger charge is 2.65. The van der Waals surface area contributed by atoms with Crippen LogP contribution in [0.1, 0.15) is 29.7 Å². The molecule has 0 bridgehead atoms. The van der Waals surface area contributed by atoms with E-state index < -0.39 is 11.6 Å². The van der Waals surface area contributed by atoms with Gasteiger partial charge in [0, 0.05) is 24.6 Å². The number of aromatic nitrogens is 5. The summed E-state index contributed by atoms with van der Waals surface area (Å²) in [5.74, 6) is 0.272. The van der Waals surface area contributed by atoms with Crippen molar-refractivity contribution in [2.75, 3.05) is 11.9 Å². The molecule has 2 aliphatic rings. The molecule has 4 aromatic rings. The van der Waals surface area contributed by atoms with Crippen LogP contribution in [-0.2, 0) is 24.9 Å². The number of nitrogens with one attached hydrogen (secondary N) is 2. The van der Waals surface area contributed by atoms with E-state index in [9.17, 15) is 18.0 Å². The molecule has 1 aromatic carbocycles. The van der Waals surface area contributed by atoms with E-state index in [1.54, 1.807) is 12.1 Å². The van der Waals surface area contributed by atoms with E-state index in [0.29, 0.717) is 5.69 Å². The molecule has 0 spiro atoms. The number of hydrogen-bond acceptors (Lipinski definition) is 6. The van der Waals surface area contributed by atoms with Crippen molar-refractivity contribution in [3.8, 4) is 5.69 Å².